The van der Waals surface area contributed by atoms with Crippen molar-refractivity contribution in [2.24, 2.45) is 0 Å². The molecule has 0 aliphatic carbocycles. The number of nitrogens with one attached hydrogen (secondary N) is 1. The zero-order valence-electron chi connectivity index (χ0n) is 11.5. The minimum Gasteiger partial charge on any atom is -0.484 e. The molecule has 112 valence electrons. The first-order valence-electron chi connectivity index (χ1n) is 6.61. The predicted molar refractivity (Wildman–Crippen MR) is 81.8 cm³/mol. The molecule has 2 aromatic rings. The number of halogens is 1. The van der Waals surface area contributed by atoms with Gasteiger partial charge in [-0.05, 0) is 30.3 Å². The molecule has 0 radical (unpaired) electrons. The van der Waals surface area contributed by atoms with Crippen molar-refractivity contribution in [3.63, 3.8) is 0 Å². The number of ketones is 1. The van der Waals surface area contributed by atoms with Gasteiger partial charge in [-0.25, -0.2) is 0 Å². The number of amides is 1. The molecule has 2 aromatic carbocycles. The summed E-state index contributed by atoms with van der Waals surface area (Å²) >= 11 is 5.96. The molecule has 1 aliphatic rings. The second-order valence-corrected chi connectivity index (χ2v) is 5.10. The number of rotatable bonds is 4. The minimum atomic E-state index is -0.246. The molecular weight excluding hydrogens is 306 g/mol. The van der Waals surface area contributed by atoms with E-state index >= 15 is 0 Å². The molecule has 1 amide bonds. The summed E-state index contributed by atoms with van der Waals surface area (Å²) < 4.78 is 10.7. The first kappa shape index (κ1) is 14.4. The van der Waals surface area contributed by atoms with Gasteiger partial charge in [0.25, 0.3) is 5.91 Å². The van der Waals surface area contributed by atoms with E-state index in [0.29, 0.717) is 27.8 Å². The smallest absolute Gasteiger partial charge is 0.262 e. The summed E-state index contributed by atoms with van der Waals surface area (Å²) in [6.07, 6.45) is 0. The fourth-order valence-electron chi connectivity index (χ4n) is 2.04. The van der Waals surface area contributed by atoms with Crippen LogP contribution in [0.3, 0.4) is 0 Å². The van der Waals surface area contributed by atoms with E-state index in [1.807, 2.05) is 0 Å². The number of para-hydroxylation sites is 1. The molecule has 0 bridgehead atoms. The lowest BCUT2D eigenvalue weighted by Gasteiger charge is -2.18. The van der Waals surface area contributed by atoms with E-state index < -0.39 is 0 Å². The summed E-state index contributed by atoms with van der Waals surface area (Å²) in [4.78, 5) is 23.5. The second-order valence-electron chi connectivity index (χ2n) is 4.69. The first-order chi connectivity index (χ1) is 10.6. The number of hydrogen-bond acceptors (Lipinski definition) is 4. The van der Waals surface area contributed by atoms with E-state index in [-0.39, 0.29) is 24.9 Å². The highest BCUT2D eigenvalue weighted by Gasteiger charge is 2.18. The maximum Gasteiger partial charge on any atom is 0.262 e. The van der Waals surface area contributed by atoms with Crippen LogP contribution in [0.15, 0.2) is 42.5 Å². The van der Waals surface area contributed by atoms with E-state index in [9.17, 15) is 9.59 Å². The Morgan fingerprint density at radius 1 is 1.27 bits per heavy atom. The second kappa shape index (κ2) is 6.07. The van der Waals surface area contributed by atoms with Gasteiger partial charge in [0, 0.05) is 5.56 Å². The Morgan fingerprint density at radius 2 is 2.09 bits per heavy atom. The Morgan fingerprint density at radius 3 is 2.91 bits per heavy atom. The fraction of sp³-hybridized carbons (Fsp3) is 0.125. The summed E-state index contributed by atoms with van der Waals surface area (Å²) in [7, 11) is 0. The van der Waals surface area contributed by atoms with Gasteiger partial charge < -0.3 is 14.8 Å². The van der Waals surface area contributed by atoms with Crippen LogP contribution in [-0.2, 0) is 4.79 Å². The highest BCUT2D eigenvalue weighted by molar-refractivity contribution is 6.32. The molecule has 0 fully saturated rings. The molecule has 1 aliphatic heterocycles. The normalized spacial score (nSPS) is 12.9. The van der Waals surface area contributed by atoms with Crippen LogP contribution in [0.4, 0.5) is 5.69 Å². The molecule has 1 N–H and O–H groups in total. The van der Waals surface area contributed by atoms with Crippen molar-refractivity contribution in [1.82, 2.24) is 0 Å². The van der Waals surface area contributed by atoms with Gasteiger partial charge in [-0.3, -0.25) is 9.59 Å². The van der Waals surface area contributed by atoms with E-state index in [0.717, 1.165) is 0 Å². The van der Waals surface area contributed by atoms with Gasteiger partial charge in [-0.15, -0.1) is 0 Å². The van der Waals surface area contributed by atoms with E-state index in [2.05, 4.69) is 5.32 Å². The Kier molecular flexibility index (Phi) is 3.98. The lowest BCUT2D eigenvalue weighted by atomic mass is 10.1. The number of anilines is 1. The number of hydrogen-bond donors (Lipinski definition) is 1. The first-order valence-corrected chi connectivity index (χ1v) is 6.98. The standard InChI is InChI=1S/C16H12ClNO4/c17-11-3-1-2-4-14(11)21-8-13(19)10-5-6-15-12(7-10)18-16(20)9-22-15/h1-7H,8-9H2,(H,18,20). The van der Waals surface area contributed by atoms with Crippen LogP contribution >= 0.6 is 11.6 Å². The van der Waals surface area contributed by atoms with Crippen LogP contribution in [0.2, 0.25) is 5.02 Å². The predicted octanol–water partition coefficient (Wildman–Crippen LogP) is 2.93. The minimum absolute atomic E-state index is 0.0179. The van der Waals surface area contributed by atoms with Crippen LogP contribution in [-0.4, -0.2) is 24.9 Å². The van der Waals surface area contributed by atoms with Crippen molar-refractivity contribution in [2.45, 2.75) is 0 Å². The van der Waals surface area contributed by atoms with Crippen molar-refractivity contribution >= 4 is 29.0 Å². The number of fused-ring (bicyclic) bond motifs is 1. The maximum absolute atomic E-state index is 12.2. The molecule has 5 nitrogen and oxygen atoms in total. The molecule has 1 heterocycles. The lowest BCUT2D eigenvalue weighted by Crippen LogP contribution is -2.25. The topological polar surface area (TPSA) is 64.6 Å². The molecule has 0 saturated carbocycles. The quantitative estimate of drug-likeness (QED) is 0.881. The molecule has 0 unspecified atom stereocenters. The summed E-state index contributed by atoms with van der Waals surface area (Å²) in [6, 6.07) is 11.8. The summed E-state index contributed by atoms with van der Waals surface area (Å²) in [5.74, 6) is 0.530. The van der Waals surface area contributed by atoms with Crippen LogP contribution in [0.5, 0.6) is 11.5 Å². The SMILES string of the molecule is O=C1COc2ccc(C(=O)COc3ccccc3Cl)cc2N1. The van der Waals surface area contributed by atoms with Crippen LogP contribution in [0.25, 0.3) is 0 Å². The highest BCUT2D eigenvalue weighted by atomic mass is 35.5. The van der Waals surface area contributed by atoms with Gasteiger partial charge in [-0.1, -0.05) is 23.7 Å². The number of Topliss-reactive ketones (excluding diaryl/α,β-unsaturated/α-hetero) is 1. The van der Waals surface area contributed by atoms with Crippen molar-refractivity contribution in [3.05, 3.63) is 53.1 Å². The Balaban J connectivity index is 1.72. The summed E-state index contributed by atoms with van der Waals surface area (Å²) in [5.41, 5.74) is 0.913. The molecule has 6 heteroatoms. The van der Waals surface area contributed by atoms with Crippen LogP contribution in [0.1, 0.15) is 10.4 Å². The van der Waals surface area contributed by atoms with Gasteiger partial charge in [0.15, 0.2) is 19.0 Å². The molecule has 3 rings (SSSR count). The average Bonchev–Trinajstić information content (AvgIpc) is 2.53. The van der Waals surface area contributed by atoms with Crippen molar-refractivity contribution in [2.75, 3.05) is 18.5 Å². The number of benzene rings is 2. The van der Waals surface area contributed by atoms with Crippen molar-refractivity contribution < 1.29 is 19.1 Å². The van der Waals surface area contributed by atoms with Crippen molar-refractivity contribution in [3.8, 4) is 11.5 Å². The number of ether oxygens (including phenoxy) is 2. The van der Waals surface area contributed by atoms with E-state index in [1.54, 1.807) is 42.5 Å². The Hall–Kier alpha value is -2.53. The van der Waals surface area contributed by atoms with Gasteiger partial charge in [-0.2, -0.15) is 0 Å². The number of carbonyl (C=O) groups excluding carboxylic acids is 2. The highest BCUT2D eigenvalue weighted by Crippen LogP contribution is 2.29. The molecular formula is C16H12ClNO4. The summed E-state index contributed by atoms with van der Waals surface area (Å²) in [6.45, 7) is -0.159. The third-order valence-corrected chi connectivity index (χ3v) is 3.44. The summed E-state index contributed by atoms with van der Waals surface area (Å²) in [5, 5.41) is 3.11. The zero-order chi connectivity index (χ0) is 15.5. The Labute approximate surface area is 131 Å². The van der Waals surface area contributed by atoms with Gasteiger partial charge in [0.1, 0.15) is 11.5 Å². The van der Waals surface area contributed by atoms with E-state index in [1.165, 1.54) is 0 Å². The third kappa shape index (κ3) is 3.04. The molecule has 0 spiro atoms. The zero-order valence-corrected chi connectivity index (χ0v) is 12.2. The lowest BCUT2D eigenvalue weighted by molar-refractivity contribution is -0.118. The molecule has 0 aromatic heterocycles. The monoisotopic (exact) mass is 317 g/mol. The van der Waals surface area contributed by atoms with E-state index in [4.69, 9.17) is 21.1 Å². The largest absolute Gasteiger partial charge is 0.484 e. The van der Waals surface area contributed by atoms with Crippen molar-refractivity contribution in [1.29, 1.82) is 0 Å². The molecule has 0 atom stereocenters. The van der Waals surface area contributed by atoms with Gasteiger partial charge in [0.2, 0.25) is 0 Å². The Bertz CT molecular complexity index is 745. The van der Waals surface area contributed by atoms with Gasteiger partial charge >= 0.3 is 0 Å². The molecule has 0 saturated heterocycles. The average molecular weight is 318 g/mol. The van der Waals surface area contributed by atoms with Gasteiger partial charge in [0.05, 0.1) is 10.7 Å². The maximum atomic E-state index is 12.2. The molecule has 22 heavy (non-hydrogen) atoms. The number of carbonyl (C=O) groups is 2. The van der Waals surface area contributed by atoms with Crippen LogP contribution in [0, 0.1) is 0 Å². The third-order valence-electron chi connectivity index (χ3n) is 3.13. The fourth-order valence-corrected chi connectivity index (χ4v) is 2.24. The van der Waals surface area contributed by atoms with Crippen LogP contribution < -0.4 is 14.8 Å².